The first-order valence-electron chi connectivity index (χ1n) is 11.1. The smallest absolute Gasteiger partial charge is 0.275 e. The molecule has 2 heterocycles. The van der Waals surface area contributed by atoms with Crippen molar-refractivity contribution in [3.05, 3.63) is 48.0 Å². The lowest BCUT2D eigenvalue weighted by atomic mass is 10.0. The van der Waals surface area contributed by atoms with Crippen LogP contribution in [0.25, 0.3) is 0 Å². The SMILES string of the molecule is CCOc1ccc(OCCNC(=O)C[NH+]2CCC[C@@H]2c2ccc3c(c2)OCCO3)cc1. The Labute approximate surface area is 183 Å². The maximum absolute atomic E-state index is 12.5. The average molecular weight is 428 g/mol. The van der Waals surface area contributed by atoms with Gasteiger partial charge in [-0.25, -0.2) is 0 Å². The number of benzene rings is 2. The van der Waals surface area contributed by atoms with Crippen LogP contribution < -0.4 is 29.2 Å². The number of hydrogen-bond donors (Lipinski definition) is 2. The molecule has 4 rings (SSSR count). The summed E-state index contributed by atoms with van der Waals surface area (Å²) in [4.78, 5) is 13.8. The Balaban J connectivity index is 1.22. The minimum atomic E-state index is 0.0507. The van der Waals surface area contributed by atoms with E-state index in [1.54, 1.807) is 0 Å². The van der Waals surface area contributed by atoms with Crippen LogP contribution in [0.1, 0.15) is 31.4 Å². The fraction of sp³-hybridized carbons (Fsp3) is 0.458. The third kappa shape index (κ3) is 5.61. The Morgan fingerprint density at radius 1 is 1.06 bits per heavy atom. The fourth-order valence-corrected chi connectivity index (χ4v) is 4.23. The van der Waals surface area contributed by atoms with Crippen LogP contribution in [-0.4, -0.2) is 52.0 Å². The number of likely N-dealkylation sites (tertiary alicyclic amines) is 1. The molecule has 0 saturated carbocycles. The predicted molar refractivity (Wildman–Crippen MR) is 116 cm³/mol. The third-order valence-electron chi connectivity index (χ3n) is 5.67. The van der Waals surface area contributed by atoms with Gasteiger partial charge in [-0.2, -0.15) is 0 Å². The molecule has 2 aromatic rings. The van der Waals surface area contributed by atoms with Crippen LogP contribution in [0.2, 0.25) is 0 Å². The van der Waals surface area contributed by atoms with Gasteiger partial charge in [-0.05, 0) is 49.4 Å². The molecular formula is C24H31N2O5+. The molecular weight excluding hydrogens is 396 g/mol. The van der Waals surface area contributed by atoms with Crippen molar-refractivity contribution in [3.8, 4) is 23.0 Å². The van der Waals surface area contributed by atoms with Crippen molar-refractivity contribution >= 4 is 5.91 Å². The zero-order chi connectivity index (χ0) is 21.5. The molecule has 0 aromatic heterocycles. The van der Waals surface area contributed by atoms with Gasteiger partial charge in [0.2, 0.25) is 0 Å². The number of carbonyl (C=O) groups is 1. The summed E-state index contributed by atoms with van der Waals surface area (Å²) in [7, 11) is 0. The van der Waals surface area contributed by atoms with Crippen LogP contribution in [0, 0.1) is 0 Å². The topological polar surface area (TPSA) is 70.5 Å². The van der Waals surface area contributed by atoms with Gasteiger partial charge in [-0.3, -0.25) is 4.79 Å². The summed E-state index contributed by atoms with van der Waals surface area (Å²) in [5.41, 5.74) is 1.21. The molecule has 0 radical (unpaired) electrons. The quantitative estimate of drug-likeness (QED) is 0.597. The highest BCUT2D eigenvalue weighted by molar-refractivity contribution is 5.76. The summed E-state index contributed by atoms with van der Waals surface area (Å²) in [6.07, 6.45) is 2.19. The van der Waals surface area contributed by atoms with E-state index < -0.39 is 0 Å². The van der Waals surface area contributed by atoms with E-state index >= 15 is 0 Å². The summed E-state index contributed by atoms with van der Waals surface area (Å²) >= 11 is 0. The number of fused-ring (bicyclic) bond motifs is 1. The van der Waals surface area contributed by atoms with Crippen LogP contribution in [0.5, 0.6) is 23.0 Å². The van der Waals surface area contributed by atoms with Gasteiger partial charge in [-0.1, -0.05) is 0 Å². The van der Waals surface area contributed by atoms with Crippen molar-refractivity contribution in [1.29, 1.82) is 0 Å². The molecule has 1 fully saturated rings. The number of carbonyl (C=O) groups excluding carboxylic acids is 1. The molecule has 2 aliphatic heterocycles. The summed E-state index contributed by atoms with van der Waals surface area (Å²) in [6, 6.07) is 14.0. The summed E-state index contributed by atoms with van der Waals surface area (Å²) < 4.78 is 22.5. The number of ether oxygens (including phenoxy) is 4. The van der Waals surface area contributed by atoms with Crippen molar-refractivity contribution in [2.75, 3.05) is 46.1 Å². The maximum atomic E-state index is 12.5. The fourth-order valence-electron chi connectivity index (χ4n) is 4.23. The highest BCUT2D eigenvalue weighted by Gasteiger charge is 2.32. The van der Waals surface area contributed by atoms with E-state index in [4.69, 9.17) is 18.9 Å². The second kappa shape index (κ2) is 10.4. The Morgan fingerprint density at radius 2 is 1.81 bits per heavy atom. The lowest BCUT2D eigenvalue weighted by molar-refractivity contribution is -0.910. The maximum Gasteiger partial charge on any atom is 0.275 e. The zero-order valence-corrected chi connectivity index (χ0v) is 18.0. The van der Waals surface area contributed by atoms with Crippen LogP contribution >= 0.6 is 0 Å². The Morgan fingerprint density at radius 3 is 2.58 bits per heavy atom. The molecule has 2 N–H and O–H groups in total. The molecule has 1 unspecified atom stereocenters. The van der Waals surface area contributed by atoms with Crippen LogP contribution in [-0.2, 0) is 4.79 Å². The van der Waals surface area contributed by atoms with Crippen molar-refractivity contribution < 1.29 is 28.6 Å². The molecule has 166 valence electrons. The molecule has 7 nitrogen and oxygen atoms in total. The first kappa shape index (κ1) is 21.3. The summed E-state index contributed by atoms with van der Waals surface area (Å²) in [5.74, 6) is 3.26. The second-order valence-electron chi connectivity index (χ2n) is 7.79. The second-order valence-corrected chi connectivity index (χ2v) is 7.79. The van der Waals surface area contributed by atoms with Crippen molar-refractivity contribution in [1.82, 2.24) is 5.32 Å². The highest BCUT2D eigenvalue weighted by atomic mass is 16.6. The van der Waals surface area contributed by atoms with Gasteiger partial charge in [0.15, 0.2) is 18.0 Å². The summed E-state index contributed by atoms with van der Waals surface area (Å²) in [6.45, 7) is 6.14. The lowest BCUT2D eigenvalue weighted by Gasteiger charge is -2.24. The number of quaternary nitrogens is 1. The van der Waals surface area contributed by atoms with Crippen molar-refractivity contribution in [2.45, 2.75) is 25.8 Å². The molecule has 31 heavy (non-hydrogen) atoms. The highest BCUT2D eigenvalue weighted by Crippen LogP contribution is 2.33. The number of hydrogen-bond acceptors (Lipinski definition) is 5. The minimum Gasteiger partial charge on any atom is -0.494 e. The average Bonchev–Trinajstić information content (AvgIpc) is 3.25. The predicted octanol–water partition coefficient (Wildman–Crippen LogP) is 1.77. The van der Waals surface area contributed by atoms with Gasteiger partial charge in [0.1, 0.15) is 37.4 Å². The normalized spacial score (nSPS) is 19.6. The monoisotopic (exact) mass is 427 g/mol. The molecule has 2 aliphatic rings. The van der Waals surface area contributed by atoms with E-state index in [1.807, 2.05) is 37.3 Å². The van der Waals surface area contributed by atoms with Gasteiger partial charge < -0.3 is 29.2 Å². The van der Waals surface area contributed by atoms with Gasteiger partial charge in [-0.15, -0.1) is 0 Å². The van der Waals surface area contributed by atoms with E-state index in [2.05, 4.69) is 17.4 Å². The summed E-state index contributed by atoms with van der Waals surface area (Å²) in [5, 5.41) is 2.98. The van der Waals surface area contributed by atoms with Crippen LogP contribution in [0.3, 0.4) is 0 Å². The zero-order valence-electron chi connectivity index (χ0n) is 18.0. The molecule has 1 amide bonds. The van der Waals surface area contributed by atoms with Crippen molar-refractivity contribution in [3.63, 3.8) is 0 Å². The largest absolute Gasteiger partial charge is 0.494 e. The van der Waals surface area contributed by atoms with E-state index in [1.165, 1.54) is 10.5 Å². The first-order valence-corrected chi connectivity index (χ1v) is 11.1. The lowest BCUT2D eigenvalue weighted by Crippen LogP contribution is -3.11. The molecule has 0 bridgehead atoms. The molecule has 0 spiro atoms. The Hall–Kier alpha value is -2.93. The van der Waals surface area contributed by atoms with E-state index in [0.29, 0.717) is 45.6 Å². The standard InChI is InChI=1S/C24H30N2O5/c1-2-28-19-6-8-20(9-7-19)29-13-11-25-24(27)17-26-12-3-4-21(26)18-5-10-22-23(16-18)31-15-14-30-22/h5-10,16,21H,2-4,11-15,17H2,1H3,(H,25,27)/p+1/t21-/m1/s1. The molecule has 2 atom stereocenters. The molecule has 1 saturated heterocycles. The molecule has 0 aliphatic carbocycles. The van der Waals surface area contributed by atoms with Gasteiger partial charge in [0, 0.05) is 18.4 Å². The van der Waals surface area contributed by atoms with Crippen LogP contribution in [0.15, 0.2) is 42.5 Å². The Bertz CT molecular complexity index is 871. The third-order valence-corrected chi connectivity index (χ3v) is 5.67. The Kier molecular flexibility index (Phi) is 7.14. The van der Waals surface area contributed by atoms with Crippen LogP contribution in [0.4, 0.5) is 0 Å². The van der Waals surface area contributed by atoms with Gasteiger partial charge >= 0.3 is 0 Å². The molecule has 7 heteroatoms. The number of rotatable bonds is 9. The number of nitrogens with one attached hydrogen (secondary N) is 2. The molecule has 2 aromatic carbocycles. The first-order chi connectivity index (χ1) is 15.2. The number of amides is 1. The minimum absolute atomic E-state index is 0.0507. The van der Waals surface area contributed by atoms with Gasteiger partial charge in [0.05, 0.1) is 19.7 Å². The van der Waals surface area contributed by atoms with Gasteiger partial charge in [0.25, 0.3) is 5.91 Å². The van der Waals surface area contributed by atoms with E-state index in [-0.39, 0.29) is 5.91 Å². The van der Waals surface area contributed by atoms with E-state index in [9.17, 15) is 4.79 Å². The van der Waals surface area contributed by atoms with Crippen molar-refractivity contribution in [2.24, 2.45) is 0 Å². The van der Waals surface area contributed by atoms with E-state index in [0.717, 1.165) is 42.4 Å².